The SMILES string of the molecule is COc1ccc(N2C(=O)CSC2=NC2CCCCC2)cc1. The molecule has 1 heterocycles. The molecule has 4 nitrogen and oxygen atoms in total. The van der Waals surface area contributed by atoms with Crippen molar-refractivity contribution < 1.29 is 9.53 Å². The van der Waals surface area contributed by atoms with Gasteiger partial charge in [0.1, 0.15) is 5.75 Å². The minimum Gasteiger partial charge on any atom is -0.497 e. The van der Waals surface area contributed by atoms with Crippen molar-refractivity contribution in [3.8, 4) is 5.75 Å². The van der Waals surface area contributed by atoms with Crippen LogP contribution in [0.15, 0.2) is 29.3 Å². The van der Waals surface area contributed by atoms with Crippen molar-refractivity contribution in [2.45, 2.75) is 38.1 Å². The Morgan fingerprint density at radius 2 is 1.90 bits per heavy atom. The second-order valence-corrected chi connectivity index (χ2v) is 6.36. The van der Waals surface area contributed by atoms with Crippen LogP contribution in [0, 0.1) is 0 Å². The first-order valence-electron chi connectivity index (χ1n) is 7.45. The number of amidine groups is 1. The van der Waals surface area contributed by atoms with Gasteiger partial charge in [-0.25, -0.2) is 0 Å². The third-order valence-electron chi connectivity index (χ3n) is 3.96. The van der Waals surface area contributed by atoms with Gasteiger partial charge in [-0.15, -0.1) is 0 Å². The number of thioether (sulfide) groups is 1. The van der Waals surface area contributed by atoms with E-state index < -0.39 is 0 Å². The number of carbonyl (C=O) groups excluding carboxylic acids is 1. The van der Waals surface area contributed by atoms with Gasteiger partial charge in [0.15, 0.2) is 5.17 Å². The fourth-order valence-electron chi connectivity index (χ4n) is 2.81. The Morgan fingerprint density at radius 3 is 2.57 bits per heavy atom. The average Bonchev–Trinajstić information content (AvgIpc) is 2.89. The molecule has 1 saturated carbocycles. The molecule has 2 aliphatic rings. The molecule has 0 unspecified atom stereocenters. The van der Waals surface area contributed by atoms with Crippen LogP contribution >= 0.6 is 11.8 Å². The van der Waals surface area contributed by atoms with E-state index in [4.69, 9.17) is 9.73 Å². The van der Waals surface area contributed by atoms with E-state index in [1.165, 1.54) is 19.3 Å². The van der Waals surface area contributed by atoms with Crippen molar-refractivity contribution in [3.05, 3.63) is 24.3 Å². The number of anilines is 1. The number of aliphatic imine (C=N–C) groups is 1. The van der Waals surface area contributed by atoms with E-state index in [1.54, 1.807) is 23.8 Å². The predicted octanol–water partition coefficient (Wildman–Crippen LogP) is 3.46. The Balaban J connectivity index is 1.82. The molecule has 1 aliphatic heterocycles. The van der Waals surface area contributed by atoms with E-state index in [0.717, 1.165) is 29.4 Å². The van der Waals surface area contributed by atoms with Crippen molar-refractivity contribution in [1.29, 1.82) is 0 Å². The zero-order valence-electron chi connectivity index (χ0n) is 12.2. The summed E-state index contributed by atoms with van der Waals surface area (Å²) >= 11 is 1.55. The number of rotatable bonds is 3. The normalized spacial score (nSPS) is 22.0. The highest BCUT2D eigenvalue weighted by molar-refractivity contribution is 8.15. The summed E-state index contributed by atoms with van der Waals surface area (Å²) in [5.41, 5.74) is 0.875. The zero-order chi connectivity index (χ0) is 14.7. The Hall–Kier alpha value is -1.49. The quantitative estimate of drug-likeness (QED) is 0.858. The molecule has 0 spiro atoms. The summed E-state index contributed by atoms with van der Waals surface area (Å²) in [5, 5.41) is 0.858. The van der Waals surface area contributed by atoms with Crippen LogP contribution < -0.4 is 9.64 Å². The lowest BCUT2D eigenvalue weighted by molar-refractivity contribution is -0.115. The van der Waals surface area contributed by atoms with Gasteiger partial charge in [-0.3, -0.25) is 14.7 Å². The van der Waals surface area contributed by atoms with Gasteiger partial charge in [-0.1, -0.05) is 31.0 Å². The van der Waals surface area contributed by atoms with Crippen LogP contribution in [0.4, 0.5) is 5.69 Å². The Bertz CT molecular complexity index is 536. The molecular formula is C16H20N2O2S. The molecule has 1 aliphatic carbocycles. The van der Waals surface area contributed by atoms with Gasteiger partial charge in [0.2, 0.25) is 5.91 Å². The van der Waals surface area contributed by atoms with Gasteiger partial charge in [-0.05, 0) is 37.1 Å². The summed E-state index contributed by atoms with van der Waals surface area (Å²) in [6, 6.07) is 7.97. The van der Waals surface area contributed by atoms with Crippen LogP contribution in [0.25, 0.3) is 0 Å². The molecule has 0 radical (unpaired) electrons. The third-order valence-corrected chi connectivity index (χ3v) is 4.90. The molecule has 0 atom stereocenters. The summed E-state index contributed by atoms with van der Waals surface area (Å²) < 4.78 is 5.17. The number of amides is 1. The standard InChI is InChI=1S/C16H20N2O2S/c1-20-14-9-7-13(8-10-14)18-15(19)11-21-16(18)17-12-5-3-2-4-6-12/h7-10,12H,2-6,11H2,1H3. The lowest BCUT2D eigenvalue weighted by Crippen LogP contribution is -2.30. The summed E-state index contributed by atoms with van der Waals surface area (Å²) in [6.07, 6.45) is 6.12. The fourth-order valence-corrected chi connectivity index (χ4v) is 3.75. The minimum absolute atomic E-state index is 0.111. The number of methoxy groups -OCH3 is 1. The van der Waals surface area contributed by atoms with Crippen molar-refractivity contribution in [3.63, 3.8) is 0 Å². The Labute approximate surface area is 129 Å². The highest BCUT2D eigenvalue weighted by Gasteiger charge is 2.30. The highest BCUT2D eigenvalue weighted by Crippen LogP contribution is 2.30. The molecule has 1 amide bonds. The van der Waals surface area contributed by atoms with Crippen LogP contribution in [0.1, 0.15) is 32.1 Å². The number of hydrogen-bond acceptors (Lipinski definition) is 4. The van der Waals surface area contributed by atoms with E-state index in [2.05, 4.69) is 0 Å². The number of benzene rings is 1. The lowest BCUT2D eigenvalue weighted by Gasteiger charge is -2.21. The van der Waals surface area contributed by atoms with Gasteiger partial charge < -0.3 is 4.74 Å². The molecule has 1 saturated heterocycles. The van der Waals surface area contributed by atoms with E-state index in [9.17, 15) is 4.79 Å². The van der Waals surface area contributed by atoms with E-state index in [0.29, 0.717) is 11.8 Å². The topological polar surface area (TPSA) is 41.9 Å². The second kappa shape index (κ2) is 6.52. The zero-order valence-corrected chi connectivity index (χ0v) is 13.1. The van der Waals surface area contributed by atoms with Gasteiger partial charge in [0.05, 0.1) is 24.6 Å². The minimum atomic E-state index is 0.111. The highest BCUT2D eigenvalue weighted by atomic mass is 32.2. The van der Waals surface area contributed by atoms with Crippen LogP contribution in [-0.2, 0) is 4.79 Å². The molecule has 112 valence electrons. The van der Waals surface area contributed by atoms with Crippen LogP contribution in [0.2, 0.25) is 0 Å². The molecular weight excluding hydrogens is 284 g/mol. The monoisotopic (exact) mass is 304 g/mol. The van der Waals surface area contributed by atoms with E-state index in [1.807, 2.05) is 24.3 Å². The Kier molecular flexibility index (Phi) is 4.48. The number of nitrogens with zero attached hydrogens (tertiary/aromatic N) is 2. The van der Waals surface area contributed by atoms with Crippen molar-refractivity contribution in [1.82, 2.24) is 0 Å². The van der Waals surface area contributed by atoms with Crippen LogP contribution in [0.3, 0.4) is 0 Å². The first kappa shape index (κ1) is 14.4. The maximum absolute atomic E-state index is 12.2. The predicted molar refractivity (Wildman–Crippen MR) is 87.2 cm³/mol. The first-order valence-corrected chi connectivity index (χ1v) is 8.44. The number of hydrogen-bond donors (Lipinski definition) is 0. The second-order valence-electron chi connectivity index (χ2n) is 5.42. The summed E-state index contributed by atoms with van der Waals surface area (Å²) in [5.74, 6) is 1.39. The lowest BCUT2D eigenvalue weighted by atomic mass is 9.96. The number of carbonyl (C=O) groups is 1. The molecule has 3 rings (SSSR count). The molecule has 1 aromatic rings. The first-order chi connectivity index (χ1) is 10.3. The Morgan fingerprint density at radius 1 is 1.19 bits per heavy atom. The largest absolute Gasteiger partial charge is 0.497 e. The van der Waals surface area contributed by atoms with Gasteiger partial charge >= 0.3 is 0 Å². The van der Waals surface area contributed by atoms with Crippen LogP contribution in [0.5, 0.6) is 5.75 Å². The molecule has 5 heteroatoms. The summed E-state index contributed by atoms with van der Waals surface area (Å²) in [4.78, 5) is 18.8. The molecule has 1 aromatic carbocycles. The van der Waals surface area contributed by atoms with E-state index >= 15 is 0 Å². The summed E-state index contributed by atoms with van der Waals surface area (Å²) in [6.45, 7) is 0. The molecule has 0 N–H and O–H groups in total. The van der Waals surface area contributed by atoms with Gasteiger partial charge in [0, 0.05) is 0 Å². The smallest absolute Gasteiger partial charge is 0.243 e. The van der Waals surface area contributed by atoms with Crippen molar-refractivity contribution >= 4 is 28.5 Å². The number of ether oxygens (including phenoxy) is 1. The third kappa shape index (κ3) is 3.23. The maximum atomic E-state index is 12.2. The van der Waals surface area contributed by atoms with Crippen molar-refractivity contribution in [2.24, 2.45) is 4.99 Å². The molecule has 0 bridgehead atoms. The van der Waals surface area contributed by atoms with Gasteiger partial charge in [0.25, 0.3) is 0 Å². The van der Waals surface area contributed by atoms with Crippen molar-refractivity contribution in [2.75, 3.05) is 17.8 Å². The average molecular weight is 304 g/mol. The van der Waals surface area contributed by atoms with Crippen LogP contribution in [-0.4, -0.2) is 30.0 Å². The molecule has 0 aromatic heterocycles. The molecule has 21 heavy (non-hydrogen) atoms. The summed E-state index contributed by atoms with van der Waals surface area (Å²) in [7, 11) is 1.64. The van der Waals surface area contributed by atoms with Gasteiger partial charge in [-0.2, -0.15) is 0 Å². The maximum Gasteiger partial charge on any atom is 0.243 e. The van der Waals surface area contributed by atoms with E-state index in [-0.39, 0.29) is 5.91 Å². The molecule has 2 fully saturated rings. The fraction of sp³-hybridized carbons (Fsp3) is 0.500.